The van der Waals surface area contributed by atoms with Gasteiger partial charge in [-0.25, -0.2) is 0 Å². The monoisotopic (exact) mass is 353 g/mol. The van der Waals surface area contributed by atoms with Gasteiger partial charge in [0.2, 0.25) is 0 Å². The largest absolute Gasteiger partial charge is 0.457 e. The van der Waals surface area contributed by atoms with Crippen molar-refractivity contribution in [1.29, 1.82) is 0 Å². The number of para-hydroxylation sites is 1. The van der Waals surface area contributed by atoms with Crippen molar-refractivity contribution in [1.82, 2.24) is 0 Å². The molecule has 3 aromatic carbocycles. The molecular weight excluding hydrogens is 330 g/mol. The number of hydrogen-bond donors (Lipinski definition) is 1. The second-order valence-electron chi connectivity index (χ2n) is 7.55. The normalized spacial score (nSPS) is 22.6. The predicted octanol–water partition coefficient (Wildman–Crippen LogP) is 6.61. The molecule has 1 N–H and O–H groups in total. The van der Waals surface area contributed by atoms with Crippen LogP contribution >= 0.6 is 0 Å². The molecule has 0 amide bonds. The lowest BCUT2D eigenvalue weighted by Gasteiger charge is -2.37. The topological polar surface area (TPSA) is 21.3 Å². The van der Waals surface area contributed by atoms with Crippen LogP contribution in [0.1, 0.15) is 35.1 Å². The van der Waals surface area contributed by atoms with Crippen LogP contribution in [0.5, 0.6) is 11.5 Å². The number of anilines is 1. The molecule has 1 aliphatic heterocycles. The van der Waals surface area contributed by atoms with Gasteiger partial charge in [0.05, 0.1) is 6.04 Å². The molecule has 0 bridgehead atoms. The van der Waals surface area contributed by atoms with Gasteiger partial charge in [0.25, 0.3) is 0 Å². The molecule has 27 heavy (non-hydrogen) atoms. The minimum Gasteiger partial charge on any atom is -0.457 e. The predicted molar refractivity (Wildman–Crippen MR) is 110 cm³/mol. The number of ether oxygens (including phenoxy) is 1. The van der Waals surface area contributed by atoms with E-state index in [1.807, 2.05) is 30.3 Å². The maximum absolute atomic E-state index is 6.07. The van der Waals surface area contributed by atoms with Crippen LogP contribution in [0.15, 0.2) is 84.9 Å². The molecule has 2 aliphatic rings. The summed E-state index contributed by atoms with van der Waals surface area (Å²) in [5.41, 5.74) is 5.25. The number of hydrogen-bond acceptors (Lipinski definition) is 2. The first-order valence-corrected chi connectivity index (χ1v) is 9.64. The first kappa shape index (κ1) is 16.2. The molecular formula is C25H23NO. The van der Waals surface area contributed by atoms with E-state index >= 15 is 0 Å². The standard InChI is InChI=1S/C25H23NO/c1-17-7-5-8-18(15-17)25-22-12-6-11-21(22)23-16-20(13-14-24(23)26-25)27-19-9-3-2-4-10-19/h2-11,13-16,21-22,25-26H,12H2,1H3/t21-,22+,25+/m1/s1. The molecule has 0 radical (unpaired) electrons. The van der Waals surface area contributed by atoms with Crippen LogP contribution in [0.25, 0.3) is 0 Å². The van der Waals surface area contributed by atoms with Gasteiger partial charge in [-0.1, -0.05) is 60.2 Å². The number of fused-ring (bicyclic) bond motifs is 3. The average molecular weight is 353 g/mol. The van der Waals surface area contributed by atoms with E-state index in [-0.39, 0.29) is 0 Å². The molecule has 5 rings (SSSR count). The van der Waals surface area contributed by atoms with Crippen molar-refractivity contribution in [3.05, 3.63) is 102 Å². The van der Waals surface area contributed by atoms with Gasteiger partial charge in [-0.2, -0.15) is 0 Å². The van der Waals surface area contributed by atoms with Gasteiger partial charge in [-0.05, 0) is 60.7 Å². The molecule has 3 aromatic rings. The summed E-state index contributed by atoms with van der Waals surface area (Å²) >= 11 is 0. The summed E-state index contributed by atoms with van der Waals surface area (Å²) in [5, 5.41) is 3.81. The van der Waals surface area contributed by atoms with Crippen molar-refractivity contribution in [3.63, 3.8) is 0 Å². The fourth-order valence-corrected chi connectivity index (χ4v) is 4.45. The Morgan fingerprint density at radius 2 is 1.78 bits per heavy atom. The second kappa shape index (κ2) is 6.62. The Balaban J connectivity index is 1.49. The van der Waals surface area contributed by atoms with Crippen molar-refractivity contribution >= 4 is 5.69 Å². The van der Waals surface area contributed by atoms with Gasteiger partial charge in [-0.15, -0.1) is 0 Å². The number of benzene rings is 3. The average Bonchev–Trinajstić information content (AvgIpc) is 3.18. The van der Waals surface area contributed by atoms with Gasteiger partial charge in [0.1, 0.15) is 11.5 Å². The fraction of sp³-hybridized carbons (Fsp3) is 0.200. The highest BCUT2D eigenvalue weighted by molar-refractivity contribution is 5.62. The van der Waals surface area contributed by atoms with Crippen LogP contribution < -0.4 is 10.1 Å². The van der Waals surface area contributed by atoms with Gasteiger partial charge in [0.15, 0.2) is 0 Å². The zero-order valence-electron chi connectivity index (χ0n) is 15.4. The van der Waals surface area contributed by atoms with E-state index in [0.29, 0.717) is 17.9 Å². The van der Waals surface area contributed by atoms with E-state index < -0.39 is 0 Å². The van der Waals surface area contributed by atoms with E-state index in [0.717, 1.165) is 17.9 Å². The highest BCUT2D eigenvalue weighted by Gasteiger charge is 2.38. The molecule has 0 unspecified atom stereocenters. The van der Waals surface area contributed by atoms with E-state index in [1.54, 1.807) is 0 Å². The van der Waals surface area contributed by atoms with E-state index in [1.165, 1.54) is 22.4 Å². The molecule has 134 valence electrons. The van der Waals surface area contributed by atoms with E-state index in [4.69, 9.17) is 4.74 Å². The smallest absolute Gasteiger partial charge is 0.127 e. The molecule has 2 nitrogen and oxygen atoms in total. The minimum atomic E-state index is 0.346. The third-order valence-electron chi connectivity index (χ3n) is 5.71. The van der Waals surface area contributed by atoms with Crippen molar-refractivity contribution in [2.45, 2.75) is 25.3 Å². The van der Waals surface area contributed by atoms with Gasteiger partial charge >= 0.3 is 0 Å². The molecule has 3 atom stereocenters. The lowest BCUT2D eigenvalue weighted by Crippen LogP contribution is -2.29. The van der Waals surface area contributed by atoms with Crippen molar-refractivity contribution in [3.8, 4) is 11.5 Å². The Morgan fingerprint density at radius 3 is 2.63 bits per heavy atom. The van der Waals surface area contributed by atoms with Crippen LogP contribution in [0, 0.1) is 12.8 Å². The molecule has 2 heteroatoms. The zero-order chi connectivity index (χ0) is 18.2. The lowest BCUT2D eigenvalue weighted by molar-refractivity contribution is 0.422. The third-order valence-corrected chi connectivity index (χ3v) is 5.71. The Kier molecular flexibility index (Phi) is 3.97. The summed E-state index contributed by atoms with van der Waals surface area (Å²) < 4.78 is 6.07. The number of rotatable bonds is 3. The lowest BCUT2D eigenvalue weighted by atomic mass is 9.77. The van der Waals surface area contributed by atoms with Crippen LogP contribution in [0.3, 0.4) is 0 Å². The Labute approximate surface area is 160 Å². The second-order valence-corrected chi connectivity index (χ2v) is 7.55. The van der Waals surface area contributed by atoms with Crippen LogP contribution in [0.2, 0.25) is 0 Å². The quantitative estimate of drug-likeness (QED) is 0.535. The highest BCUT2D eigenvalue weighted by atomic mass is 16.5. The number of allylic oxidation sites excluding steroid dienone is 2. The summed E-state index contributed by atoms with van der Waals surface area (Å²) in [4.78, 5) is 0. The summed E-state index contributed by atoms with van der Waals surface area (Å²) in [6, 6.07) is 25.6. The summed E-state index contributed by atoms with van der Waals surface area (Å²) in [5.74, 6) is 2.75. The first-order valence-electron chi connectivity index (χ1n) is 9.64. The summed E-state index contributed by atoms with van der Waals surface area (Å²) in [7, 11) is 0. The summed E-state index contributed by atoms with van der Waals surface area (Å²) in [6.45, 7) is 2.16. The molecule has 1 aliphatic carbocycles. The zero-order valence-corrected chi connectivity index (χ0v) is 15.4. The van der Waals surface area contributed by atoms with Crippen molar-refractivity contribution in [2.75, 3.05) is 5.32 Å². The molecule has 0 aromatic heterocycles. The highest BCUT2D eigenvalue weighted by Crippen LogP contribution is 2.50. The molecule has 0 fully saturated rings. The molecule has 0 saturated heterocycles. The number of aryl methyl sites for hydroxylation is 1. The fourth-order valence-electron chi connectivity index (χ4n) is 4.45. The first-order chi connectivity index (χ1) is 13.3. The van der Waals surface area contributed by atoms with E-state index in [2.05, 4.69) is 66.9 Å². The Hall–Kier alpha value is -3.00. The minimum absolute atomic E-state index is 0.346. The molecule has 0 spiro atoms. The van der Waals surface area contributed by atoms with Crippen LogP contribution in [-0.4, -0.2) is 0 Å². The van der Waals surface area contributed by atoms with Gasteiger partial charge in [0, 0.05) is 11.6 Å². The number of nitrogens with one attached hydrogen (secondary N) is 1. The van der Waals surface area contributed by atoms with Gasteiger partial charge in [-0.3, -0.25) is 0 Å². The van der Waals surface area contributed by atoms with Crippen molar-refractivity contribution in [2.24, 2.45) is 5.92 Å². The molecule has 1 heterocycles. The maximum Gasteiger partial charge on any atom is 0.127 e. The van der Waals surface area contributed by atoms with Gasteiger partial charge < -0.3 is 10.1 Å². The molecule has 0 saturated carbocycles. The van der Waals surface area contributed by atoms with Crippen LogP contribution in [-0.2, 0) is 0 Å². The van der Waals surface area contributed by atoms with E-state index in [9.17, 15) is 0 Å². The Morgan fingerprint density at radius 1 is 0.889 bits per heavy atom. The van der Waals surface area contributed by atoms with Crippen molar-refractivity contribution < 1.29 is 4.74 Å². The maximum atomic E-state index is 6.07. The van der Waals surface area contributed by atoms with Crippen LogP contribution in [0.4, 0.5) is 5.69 Å². The third kappa shape index (κ3) is 3.02. The SMILES string of the molecule is Cc1cccc([C@@H]2Nc3ccc(Oc4ccccc4)cc3[C@@H]3C=CC[C@@H]32)c1. The Bertz CT molecular complexity index is 992. The summed E-state index contributed by atoms with van der Waals surface area (Å²) in [6.07, 6.45) is 5.82.